The topological polar surface area (TPSA) is 76.0 Å². The molecule has 1 aliphatic heterocycles. The first-order valence-corrected chi connectivity index (χ1v) is 5.61. The molecule has 0 aliphatic carbocycles. The average molecular weight is 258 g/mol. The van der Waals surface area contributed by atoms with Crippen molar-refractivity contribution in [3.05, 3.63) is 42.0 Å². The van der Waals surface area contributed by atoms with E-state index in [4.69, 9.17) is 14.6 Å². The van der Waals surface area contributed by atoms with Crippen molar-refractivity contribution in [2.45, 2.75) is 0 Å². The van der Waals surface area contributed by atoms with Crippen LogP contribution < -0.4 is 9.47 Å². The fourth-order valence-electron chi connectivity index (χ4n) is 1.96. The molecule has 19 heavy (non-hydrogen) atoms. The summed E-state index contributed by atoms with van der Waals surface area (Å²) < 4.78 is 10.5. The lowest BCUT2D eigenvalue weighted by atomic mass is 10.0. The summed E-state index contributed by atoms with van der Waals surface area (Å²) in [6, 6.07) is 9.80. The molecule has 2 aromatic carbocycles. The van der Waals surface area contributed by atoms with Gasteiger partial charge in [0.05, 0.1) is 0 Å². The molecule has 5 heteroatoms. The summed E-state index contributed by atoms with van der Waals surface area (Å²) in [7, 11) is 0. The fraction of sp³-hybridized carbons (Fsp3) is 0.0714. The van der Waals surface area contributed by atoms with Crippen molar-refractivity contribution in [1.29, 1.82) is 0 Å². The molecule has 0 amide bonds. The highest BCUT2D eigenvalue weighted by Crippen LogP contribution is 2.36. The summed E-state index contributed by atoms with van der Waals surface area (Å²) in [5.41, 5.74) is 1.36. The number of hydrogen-bond acceptors (Lipinski definition) is 4. The summed E-state index contributed by atoms with van der Waals surface area (Å²) in [6.45, 7) is 0.189. The van der Waals surface area contributed by atoms with Gasteiger partial charge in [0.25, 0.3) is 0 Å². The Kier molecular flexibility index (Phi) is 2.52. The van der Waals surface area contributed by atoms with Gasteiger partial charge in [-0.25, -0.2) is 4.79 Å². The van der Waals surface area contributed by atoms with E-state index < -0.39 is 5.97 Å². The number of phenols is 1. The van der Waals surface area contributed by atoms with Crippen LogP contribution in [0.15, 0.2) is 36.4 Å². The number of ether oxygens (including phenoxy) is 2. The van der Waals surface area contributed by atoms with Gasteiger partial charge in [-0.15, -0.1) is 0 Å². The highest BCUT2D eigenvalue weighted by molar-refractivity contribution is 5.92. The number of carboxylic acid groups (broad SMARTS) is 1. The second-order valence-electron chi connectivity index (χ2n) is 4.11. The van der Waals surface area contributed by atoms with Crippen LogP contribution in [0.5, 0.6) is 17.2 Å². The summed E-state index contributed by atoms with van der Waals surface area (Å²) in [4.78, 5) is 11.0. The largest absolute Gasteiger partial charge is 0.507 e. The van der Waals surface area contributed by atoms with Gasteiger partial charge in [0.1, 0.15) is 11.3 Å². The van der Waals surface area contributed by atoms with Crippen LogP contribution in [0.4, 0.5) is 0 Å². The summed E-state index contributed by atoms with van der Waals surface area (Å²) in [5.74, 6) is -0.125. The van der Waals surface area contributed by atoms with Gasteiger partial charge >= 0.3 is 5.97 Å². The van der Waals surface area contributed by atoms with Gasteiger partial charge in [-0.05, 0) is 35.4 Å². The lowest BCUT2D eigenvalue weighted by Crippen LogP contribution is -1.97. The molecular formula is C14H10O5. The minimum Gasteiger partial charge on any atom is -0.507 e. The average Bonchev–Trinajstić information content (AvgIpc) is 2.86. The zero-order chi connectivity index (χ0) is 13.4. The number of aromatic hydroxyl groups is 1. The van der Waals surface area contributed by atoms with Crippen LogP contribution in [0.3, 0.4) is 0 Å². The van der Waals surface area contributed by atoms with Crippen LogP contribution >= 0.6 is 0 Å². The number of fused-ring (bicyclic) bond motifs is 1. The van der Waals surface area contributed by atoms with Crippen molar-refractivity contribution in [3.8, 4) is 28.4 Å². The predicted molar refractivity (Wildman–Crippen MR) is 66.6 cm³/mol. The van der Waals surface area contributed by atoms with Gasteiger partial charge in [0.2, 0.25) is 6.79 Å². The quantitative estimate of drug-likeness (QED) is 0.865. The van der Waals surface area contributed by atoms with Crippen molar-refractivity contribution in [1.82, 2.24) is 0 Å². The maximum atomic E-state index is 11.0. The Morgan fingerprint density at radius 3 is 2.47 bits per heavy atom. The number of benzene rings is 2. The van der Waals surface area contributed by atoms with Crippen molar-refractivity contribution < 1.29 is 24.5 Å². The van der Waals surface area contributed by atoms with Crippen molar-refractivity contribution in [2.24, 2.45) is 0 Å². The van der Waals surface area contributed by atoms with Gasteiger partial charge in [-0.1, -0.05) is 12.1 Å². The minimum absolute atomic E-state index is 0.129. The molecule has 2 N–H and O–H groups in total. The van der Waals surface area contributed by atoms with Crippen molar-refractivity contribution in [3.63, 3.8) is 0 Å². The molecule has 0 atom stereocenters. The van der Waals surface area contributed by atoms with Crippen LogP contribution in [0.1, 0.15) is 10.4 Å². The third-order valence-corrected chi connectivity index (χ3v) is 2.93. The Labute approximate surface area is 108 Å². The lowest BCUT2D eigenvalue weighted by Gasteiger charge is -2.06. The fourth-order valence-corrected chi connectivity index (χ4v) is 1.96. The Bertz CT molecular complexity index is 663. The second-order valence-corrected chi connectivity index (χ2v) is 4.11. The van der Waals surface area contributed by atoms with E-state index >= 15 is 0 Å². The summed E-state index contributed by atoms with van der Waals surface area (Å²) >= 11 is 0. The molecule has 3 rings (SSSR count). The molecule has 1 heterocycles. The lowest BCUT2D eigenvalue weighted by molar-refractivity contribution is 0.0694. The van der Waals surface area contributed by atoms with Crippen molar-refractivity contribution >= 4 is 5.97 Å². The molecule has 0 aromatic heterocycles. The SMILES string of the molecule is O=C(O)c1cc(-c2ccc3c(c2)OCO3)ccc1O. The molecule has 0 unspecified atom stereocenters. The van der Waals surface area contributed by atoms with E-state index in [1.54, 1.807) is 18.2 Å². The standard InChI is InChI=1S/C14H10O5/c15-11-3-1-8(5-10(11)14(16)17)9-2-4-12-13(6-9)19-7-18-12/h1-6,15H,7H2,(H,16,17). The van der Waals surface area contributed by atoms with E-state index in [0.717, 1.165) is 5.56 Å². The number of hydrogen-bond donors (Lipinski definition) is 2. The van der Waals surface area contributed by atoms with Crippen LogP contribution in [-0.4, -0.2) is 23.0 Å². The maximum absolute atomic E-state index is 11.0. The number of carboxylic acids is 1. The molecule has 0 saturated carbocycles. The molecule has 96 valence electrons. The molecule has 0 saturated heterocycles. The van der Waals surface area contributed by atoms with Gasteiger partial charge in [0.15, 0.2) is 11.5 Å². The third kappa shape index (κ3) is 1.95. The number of aromatic carboxylic acids is 1. The zero-order valence-electron chi connectivity index (χ0n) is 9.79. The Hall–Kier alpha value is -2.69. The van der Waals surface area contributed by atoms with Crippen LogP contribution in [0, 0.1) is 0 Å². The van der Waals surface area contributed by atoms with Gasteiger partial charge in [-0.2, -0.15) is 0 Å². The third-order valence-electron chi connectivity index (χ3n) is 2.93. The molecule has 2 aromatic rings. The van der Waals surface area contributed by atoms with E-state index in [2.05, 4.69) is 0 Å². The Morgan fingerprint density at radius 2 is 1.68 bits per heavy atom. The highest BCUT2D eigenvalue weighted by atomic mass is 16.7. The maximum Gasteiger partial charge on any atom is 0.339 e. The van der Waals surface area contributed by atoms with E-state index in [-0.39, 0.29) is 18.1 Å². The molecule has 0 radical (unpaired) electrons. The normalized spacial score (nSPS) is 12.4. The molecule has 0 spiro atoms. The van der Waals surface area contributed by atoms with E-state index in [1.165, 1.54) is 12.1 Å². The highest BCUT2D eigenvalue weighted by Gasteiger charge is 2.15. The van der Waals surface area contributed by atoms with Crippen LogP contribution in [-0.2, 0) is 0 Å². The molecule has 5 nitrogen and oxygen atoms in total. The Balaban J connectivity index is 2.07. The van der Waals surface area contributed by atoms with Crippen LogP contribution in [0.2, 0.25) is 0 Å². The first kappa shape index (κ1) is 11.4. The predicted octanol–water partition coefficient (Wildman–Crippen LogP) is 2.49. The first-order valence-electron chi connectivity index (χ1n) is 5.61. The van der Waals surface area contributed by atoms with Crippen LogP contribution in [0.25, 0.3) is 11.1 Å². The van der Waals surface area contributed by atoms with Gasteiger partial charge in [-0.3, -0.25) is 0 Å². The molecule has 0 fully saturated rings. The Morgan fingerprint density at radius 1 is 1.00 bits per heavy atom. The monoisotopic (exact) mass is 258 g/mol. The van der Waals surface area contributed by atoms with Gasteiger partial charge in [0, 0.05) is 0 Å². The van der Waals surface area contributed by atoms with E-state index in [9.17, 15) is 9.90 Å². The minimum atomic E-state index is -1.17. The summed E-state index contributed by atoms with van der Waals surface area (Å²) in [6.07, 6.45) is 0. The molecule has 1 aliphatic rings. The summed E-state index contributed by atoms with van der Waals surface area (Å²) in [5, 5.41) is 18.5. The van der Waals surface area contributed by atoms with Gasteiger partial charge < -0.3 is 19.7 Å². The molecular weight excluding hydrogens is 248 g/mol. The van der Waals surface area contributed by atoms with Crippen molar-refractivity contribution in [2.75, 3.05) is 6.79 Å². The van der Waals surface area contributed by atoms with E-state index in [1.807, 2.05) is 6.07 Å². The smallest absolute Gasteiger partial charge is 0.339 e. The number of carbonyl (C=O) groups is 1. The molecule has 0 bridgehead atoms. The zero-order valence-corrected chi connectivity index (χ0v) is 9.79. The first-order chi connectivity index (χ1) is 9.15. The second kappa shape index (κ2) is 4.20. The number of rotatable bonds is 2. The van der Waals surface area contributed by atoms with E-state index in [0.29, 0.717) is 17.1 Å².